The van der Waals surface area contributed by atoms with Gasteiger partial charge in [0.2, 0.25) is 0 Å². The summed E-state index contributed by atoms with van der Waals surface area (Å²) in [5.41, 5.74) is 0. The maximum absolute atomic E-state index is 10.6. The first-order valence-corrected chi connectivity index (χ1v) is 4.49. The molecule has 1 rings (SSSR count). The molecule has 4 heteroatoms. The molecule has 0 unspecified atom stereocenters. The van der Waals surface area contributed by atoms with E-state index in [9.17, 15) is 4.79 Å². The van der Waals surface area contributed by atoms with Gasteiger partial charge in [0.15, 0.2) is 6.10 Å². The van der Waals surface area contributed by atoms with Crippen molar-refractivity contribution in [2.24, 2.45) is 0 Å². The van der Waals surface area contributed by atoms with Gasteiger partial charge in [0.05, 0.1) is 13.2 Å². The molecular formula is C9H16NO3. The first-order chi connectivity index (χ1) is 6.18. The molecular weight excluding hydrogens is 170 g/mol. The van der Waals surface area contributed by atoms with E-state index in [-0.39, 0.29) is 5.97 Å². The van der Waals surface area contributed by atoms with Gasteiger partial charge in [0.1, 0.15) is 0 Å². The predicted octanol–water partition coefficient (Wildman–Crippen LogP) is 0.434. The average molecular weight is 186 g/mol. The van der Waals surface area contributed by atoms with Crippen LogP contribution in [0, 0.1) is 6.10 Å². The Morgan fingerprint density at radius 1 is 1.38 bits per heavy atom. The highest BCUT2D eigenvalue weighted by molar-refractivity contribution is 5.66. The van der Waals surface area contributed by atoms with Gasteiger partial charge in [-0.15, -0.1) is 0 Å². The average Bonchev–Trinajstić information content (AvgIpc) is 2.04. The number of carbonyl (C=O) groups excluding carboxylic acids is 1. The second-order valence-corrected chi connectivity index (χ2v) is 3.18. The fraction of sp³-hybridized carbons (Fsp3) is 0.778. The molecule has 0 saturated carbocycles. The summed E-state index contributed by atoms with van der Waals surface area (Å²) < 4.78 is 10.2. The maximum atomic E-state index is 10.6. The third-order valence-electron chi connectivity index (χ3n) is 1.87. The van der Waals surface area contributed by atoms with Crippen molar-refractivity contribution in [1.82, 2.24) is 4.90 Å². The summed E-state index contributed by atoms with van der Waals surface area (Å²) in [7, 11) is 0. The molecule has 1 saturated heterocycles. The monoisotopic (exact) mass is 186 g/mol. The lowest BCUT2D eigenvalue weighted by atomic mass is 10.3. The van der Waals surface area contributed by atoms with E-state index in [4.69, 9.17) is 9.47 Å². The molecule has 1 aliphatic heterocycles. The molecule has 0 bridgehead atoms. The van der Waals surface area contributed by atoms with Crippen LogP contribution in [-0.4, -0.2) is 43.7 Å². The first-order valence-electron chi connectivity index (χ1n) is 4.49. The van der Waals surface area contributed by atoms with Gasteiger partial charge in [-0.2, -0.15) is 0 Å². The lowest BCUT2D eigenvalue weighted by Crippen LogP contribution is -2.39. The van der Waals surface area contributed by atoms with E-state index < -0.39 is 0 Å². The van der Waals surface area contributed by atoms with Gasteiger partial charge < -0.3 is 9.47 Å². The number of morpholine rings is 1. The van der Waals surface area contributed by atoms with Crippen LogP contribution < -0.4 is 0 Å². The lowest BCUT2D eigenvalue weighted by molar-refractivity contribution is -0.140. The standard InChI is InChI=1S/C9H16NO3/c1-8(13-9(2)11)7-10-3-5-12-6-4-10/h3-7H2,1-2H3. The Morgan fingerprint density at radius 2 is 2.00 bits per heavy atom. The van der Waals surface area contributed by atoms with E-state index in [0.717, 1.165) is 39.0 Å². The van der Waals surface area contributed by atoms with Gasteiger partial charge in [-0.3, -0.25) is 9.69 Å². The highest BCUT2D eigenvalue weighted by atomic mass is 16.5. The molecule has 0 spiro atoms. The van der Waals surface area contributed by atoms with E-state index in [0.29, 0.717) is 0 Å². The zero-order valence-corrected chi connectivity index (χ0v) is 8.21. The van der Waals surface area contributed by atoms with Gasteiger partial charge >= 0.3 is 5.97 Å². The number of hydrogen-bond acceptors (Lipinski definition) is 4. The van der Waals surface area contributed by atoms with E-state index in [1.54, 1.807) is 0 Å². The summed E-state index contributed by atoms with van der Waals surface area (Å²) in [5, 5.41) is 0. The van der Waals surface area contributed by atoms with Crippen LogP contribution >= 0.6 is 0 Å². The molecule has 0 amide bonds. The van der Waals surface area contributed by atoms with Crippen molar-refractivity contribution in [3.05, 3.63) is 6.10 Å². The molecule has 1 radical (unpaired) electrons. The number of hydrogen-bond donors (Lipinski definition) is 0. The van der Waals surface area contributed by atoms with Gasteiger partial charge in [-0.05, 0) is 6.92 Å². The molecule has 1 heterocycles. The highest BCUT2D eigenvalue weighted by Gasteiger charge is 2.15. The normalized spacial score (nSPS) is 19.0. The Hall–Kier alpha value is -0.610. The third kappa shape index (κ3) is 4.24. The predicted molar refractivity (Wildman–Crippen MR) is 47.9 cm³/mol. The zero-order valence-electron chi connectivity index (χ0n) is 8.21. The van der Waals surface area contributed by atoms with E-state index in [1.807, 2.05) is 6.92 Å². The van der Waals surface area contributed by atoms with Crippen LogP contribution in [0.1, 0.15) is 13.8 Å². The number of nitrogens with zero attached hydrogens (tertiary/aromatic N) is 1. The molecule has 75 valence electrons. The molecule has 13 heavy (non-hydrogen) atoms. The molecule has 0 N–H and O–H groups in total. The Balaban J connectivity index is 2.18. The number of esters is 1. The lowest BCUT2D eigenvalue weighted by Gasteiger charge is -2.28. The van der Waals surface area contributed by atoms with Crippen molar-refractivity contribution in [1.29, 1.82) is 0 Å². The number of ether oxygens (including phenoxy) is 2. The van der Waals surface area contributed by atoms with Crippen molar-refractivity contribution >= 4 is 5.97 Å². The molecule has 4 nitrogen and oxygen atoms in total. The SMILES string of the molecule is C[C](CN1CCOCC1)OC(C)=O. The van der Waals surface area contributed by atoms with Crippen molar-refractivity contribution in [2.45, 2.75) is 13.8 Å². The number of rotatable bonds is 3. The van der Waals surface area contributed by atoms with Crippen LogP contribution in [0.5, 0.6) is 0 Å². The van der Waals surface area contributed by atoms with Crippen LogP contribution in [-0.2, 0) is 14.3 Å². The molecule has 0 aromatic heterocycles. The minimum atomic E-state index is -0.245. The third-order valence-corrected chi connectivity index (χ3v) is 1.87. The van der Waals surface area contributed by atoms with E-state index in [1.165, 1.54) is 6.92 Å². The minimum Gasteiger partial charge on any atom is -0.454 e. The minimum absolute atomic E-state index is 0.245. The van der Waals surface area contributed by atoms with Crippen molar-refractivity contribution in [3.63, 3.8) is 0 Å². The highest BCUT2D eigenvalue weighted by Crippen LogP contribution is 2.06. The second-order valence-electron chi connectivity index (χ2n) is 3.18. The van der Waals surface area contributed by atoms with Crippen LogP contribution in [0.25, 0.3) is 0 Å². The fourth-order valence-electron chi connectivity index (χ4n) is 1.35. The van der Waals surface area contributed by atoms with Crippen molar-refractivity contribution in [3.8, 4) is 0 Å². The molecule has 0 aromatic carbocycles. The van der Waals surface area contributed by atoms with Crippen molar-refractivity contribution < 1.29 is 14.3 Å². The Kier molecular flexibility index (Phi) is 4.18. The van der Waals surface area contributed by atoms with Crippen LogP contribution in [0.3, 0.4) is 0 Å². The zero-order chi connectivity index (χ0) is 9.68. The van der Waals surface area contributed by atoms with Gasteiger partial charge in [-0.1, -0.05) is 0 Å². The van der Waals surface area contributed by atoms with Gasteiger partial charge in [0.25, 0.3) is 0 Å². The van der Waals surface area contributed by atoms with E-state index in [2.05, 4.69) is 4.90 Å². The van der Waals surface area contributed by atoms with Crippen LogP contribution in [0.4, 0.5) is 0 Å². The largest absolute Gasteiger partial charge is 0.454 e. The summed E-state index contributed by atoms with van der Waals surface area (Å²) in [6.07, 6.45) is 0.759. The van der Waals surface area contributed by atoms with Gasteiger partial charge in [-0.25, -0.2) is 0 Å². The summed E-state index contributed by atoms with van der Waals surface area (Å²) in [4.78, 5) is 12.8. The number of carbonyl (C=O) groups is 1. The fourth-order valence-corrected chi connectivity index (χ4v) is 1.35. The first kappa shape index (κ1) is 10.5. The topological polar surface area (TPSA) is 38.8 Å². The molecule has 0 aromatic rings. The summed E-state index contributed by atoms with van der Waals surface area (Å²) in [5.74, 6) is -0.245. The molecule has 1 fully saturated rings. The summed E-state index contributed by atoms with van der Waals surface area (Å²) in [6.45, 7) is 7.35. The van der Waals surface area contributed by atoms with Crippen molar-refractivity contribution in [2.75, 3.05) is 32.8 Å². The molecule has 0 aliphatic carbocycles. The summed E-state index contributed by atoms with van der Waals surface area (Å²) >= 11 is 0. The summed E-state index contributed by atoms with van der Waals surface area (Å²) in [6, 6.07) is 0. The quantitative estimate of drug-likeness (QED) is 0.599. The Morgan fingerprint density at radius 3 is 2.54 bits per heavy atom. The Bertz CT molecular complexity index is 166. The van der Waals surface area contributed by atoms with E-state index >= 15 is 0 Å². The smallest absolute Gasteiger partial charge is 0.303 e. The Labute approximate surface area is 78.8 Å². The van der Waals surface area contributed by atoms with Gasteiger partial charge in [0, 0.05) is 26.6 Å². The molecule has 1 aliphatic rings. The van der Waals surface area contributed by atoms with Crippen LogP contribution in [0.15, 0.2) is 0 Å². The molecule has 0 atom stereocenters. The maximum Gasteiger partial charge on any atom is 0.303 e. The van der Waals surface area contributed by atoms with Crippen LogP contribution in [0.2, 0.25) is 0 Å². The second kappa shape index (κ2) is 5.19.